The molecule has 0 aliphatic carbocycles. The van der Waals surface area contributed by atoms with Gasteiger partial charge in [-0.05, 0) is 43.5 Å². The van der Waals surface area contributed by atoms with E-state index >= 15 is 0 Å². The molecule has 3 nitrogen and oxygen atoms in total. The zero-order valence-corrected chi connectivity index (χ0v) is 13.9. The Morgan fingerprint density at radius 2 is 2.00 bits per heavy atom. The van der Waals surface area contributed by atoms with Crippen molar-refractivity contribution < 1.29 is 4.39 Å². The van der Waals surface area contributed by atoms with E-state index in [-0.39, 0.29) is 5.82 Å². The second kappa shape index (κ2) is 7.46. The number of nitriles is 1. The summed E-state index contributed by atoms with van der Waals surface area (Å²) in [7, 11) is 0. The predicted molar refractivity (Wildman–Crippen MR) is 94.2 cm³/mol. The molecule has 1 saturated heterocycles. The Morgan fingerprint density at radius 1 is 1.21 bits per heavy atom. The van der Waals surface area contributed by atoms with Gasteiger partial charge in [-0.15, -0.1) is 0 Å². The summed E-state index contributed by atoms with van der Waals surface area (Å²) in [5.41, 5.74) is 3.75. The van der Waals surface area contributed by atoms with Gasteiger partial charge in [-0.25, -0.2) is 4.39 Å². The Hall–Kier alpha value is -2.38. The highest BCUT2D eigenvalue weighted by atomic mass is 19.1. The molecule has 0 aromatic heterocycles. The average molecular weight is 323 g/mol. The maximum atomic E-state index is 13.2. The van der Waals surface area contributed by atoms with E-state index in [4.69, 9.17) is 5.26 Å². The minimum atomic E-state index is -0.370. The number of hydrogen-bond donors (Lipinski definition) is 1. The number of rotatable bonds is 4. The van der Waals surface area contributed by atoms with Crippen LogP contribution in [0.3, 0.4) is 0 Å². The van der Waals surface area contributed by atoms with Crippen molar-refractivity contribution in [3.8, 4) is 6.07 Å². The van der Waals surface area contributed by atoms with Crippen LogP contribution in [0.5, 0.6) is 0 Å². The van der Waals surface area contributed by atoms with Gasteiger partial charge in [0.05, 0.1) is 11.3 Å². The lowest BCUT2D eigenvalue weighted by Gasteiger charge is -2.33. The Bertz CT molecular complexity index is 743. The molecule has 4 heteroatoms. The molecule has 0 saturated carbocycles. The summed E-state index contributed by atoms with van der Waals surface area (Å²) in [6.07, 6.45) is 2.04. The van der Waals surface area contributed by atoms with Crippen LogP contribution in [-0.2, 0) is 6.54 Å². The van der Waals surface area contributed by atoms with E-state index in [1.54, 1.807) is 6.07 Å². The number of nitrogens with zero attached hydrogens (tertiary/aromatic N) is 2. The molecule has 3 rings (SSSR count). The van der Waals surface area contributed by atoms with Gasteiger partial charge in [-0.1, -0.05) is 29.8 Å². The molecule has 0 radical (unpaired) electrons. The molecule has 1 fully saturated rings. The summed E-state index contributed by atoms with van der Waals surface area (Å²) in [6, 6.07) is 15.4. The number of piperidine rings is 1. The fourth-order valence-corrected chi connectivity index (χ4v) is 3.26. The van der Waals surface area contributed by atoms with Crippen molar-refractivity contribution in [3.05, 3.63) is 65.0 Å². The summed E-state index contributed by atoms with van der Waals surface area (Å²) in [4.78, 5) is 2.46. The second-order valence-electron chi connectivity index (χ2n) is 6.49. The highest BCUT2D eigenvalue weighted by Gasteiger charge is 2.20. The predicted octanol–water partition coefficient (Wildman–Crippen LogP) is 4.08. The quantitative estimate of drug-likeness (QED) is 0.921. The first-order valence-corrected chi connectivity index (χ1v) is 8.38. The third-order valence-electron chi connectivity index (χ3n) is 4.54. The number of anilines is 1. The highest BCUT2D eigenvalue weighted by molar-refractivity contribution is 5.57. The van der Waals surface area contributed by atoms with Gasteiger partial charge < -0.3 is 5.32 Å². The fraction of sp³-hybridized carbons (Fsp3) is 0.350. The van der Waals surface area contributed by atoms with E-state index < -0.39 is 0 Å². The lowest BCUT2D eigenvalue weighted by Crippen LogP contribution is -2.38. The summed E-state index contributed by atoms with van der Waals surface area (Å²) >= 11 is 0. The maximum absolute atomic E-state index is 13.2. The van der Waals surface area contributed by atoms with E-state index in [2.05, 4.69) is 47.5 Å². The first kappa shape index (κ1) is 16.5. The molecule has 0 spiro atoms. The SMILES string of the molecule is Cc1cccc(CN2CCC(Nc3ccc(F)cc3C#N)CC2)c1. The molecule has 1 N–H and O–H groups in total. The van der Waals surface area contributed by atoms with E-state index in [1.807, 2.05) is 0 Å². The van der Waals surface area contributed by atoms with Gasteiger partial charge in [0, 0.05) is 25.7 Å². The summed E-state index contributed by atoms with van der Waals surface area (Å²) in [5.74, 6) is -0.370. The van der Waals surface area contributed by atoms with Crippen LogP contribution in [0.4, 0.5) is 10.1 Å². The minimum absolute atomic E-state index is 0.330. The zero-order valence-electron chi connectivity index (χ0n) is 13.9. The molecule has 2 aromatic rings. The average Bonchev–Trinajstić information content (AvgIpc) is 2.58. The normalized spacial score (nSPS) is 15.9. The lowest BCUT2D eigenvalue weighted by atomic mass is 10.0. The van der Waals surface area contributed by atoms with Crippen LogP contribution in [-0.4, -0.2) is 24.0 Å². The second-order valence-corrected chi connectivity index (χ2v) is 6.49. The number of halogens is 1. The zero-order chi connectivity index (χ0) is 16.9. The van der Waals surface area contributed by atoms with Crippen LogP contribution in [0, 0.1) is 24.1 Å². The molecular weight excluding hydrogens is 301 g/mol. The summed E-state index contributed by atoms with van der Waals surface area (Å²) in [5, 5.41) is 12.5. The van der Waals surface area contributed by atoms with Crippen LogP contribution in [0.2, 0.25) is 0 Å². The van der Waals surface area contributed by atoms with Crippen LogP contribution in [0.25, 0.3) is 0 Å². The number of aryl methyl sites for hydroxylation is 1. The molecule has 1 aliphatic rings. The molecule has 1 aliphatic heterocycles. The number of hydrogen-bond acceptors (Lipinski definition) is 3. The highest BCUT2D eigenvalue weighted by Crippen LogP contribution is 2.22. The molecule has 124 valence electrons. The largest absolute Gasteiger partial charge is 0.381 e. The van der Waals surface area contributed by atoms with Crippen molar-refractivity contribution in [1.82, 2.24) is 4.90 Å². The van der Waals surface area contributed by atoms with Gasteiger partial charge in [0.15, 0.2) is 0 Å². The monoisotopic (exact) mass is 323 g/mol. The first-order chi connectivity index (χ1) is 11.6. The molecule has 1 heterocycles. The Labute approximate surface area is 142 Å². The fourth-order valence-electron chi connectivity index (χ4n) is 3.26. The van der Waals surface area contributed by atoms with E-state index in [9.17, 15) is 4.39 Å². The van der Waals surface area contributed by atoms with Crippen molar-refractivity contribution in [2.75, 3.05) is 18.4 Å². The first-order valence-electron chi connectivity index (χ1n) is 8.38. The van der Waals surface area contributed by atoms with Crippen LogP contribution >= 0.6 is 0 Å². The van der Waals surface area contributed by atoms with Gasteiger partial charge in [0.2, 0.25) is 0 Å². The van der Waals surface area contributed by atoms with Crippen molar-refractivity contribution in [2.24, 2.45) is 0 Å². The van der Waals surface area contributed by atoms with E-state index in [0.717, 1.165) is 38.2 Å². The molecule has 2 aromatic carbocycles. The Morgan fingerprint density at radius 3 is 2.71 bits per heavy atom. The van der Waals surface area contributed by atoms with Gasteiger partial charge in [0.1, 0.15) is 11.9 Å². The lowest BCUT2D eigenvalue weighted by molar-refractivity contribution is 0.211. The maximum Gasteiger partial charge on any atom is 0.124 e. The molecule has 24 heavy (non-hydrogen) atoms. The Balaban J connectivity index is 1.55. The number of likely N-dealkylation sites (tertiary alicyclic amines) is 1. The minimum Gasteiger partial charge on any atom is -0.381 e. The standard InChI is InChI=1S/C20H22FN3/c1-15-3-2-4-16(11-15)14-24-9-7-19(8-10-24)23-20-6-5-18(21)12-17(20)13-22/h2-6,11-12,19,23H,7-10,14H2,1H3. The van der Waals surface area contributed by atoms with Crippen LogP contribution < -0.4 is 5.32 Å². The Kier molecular flexibility index (Phi) is 5.12. The van der Waals surface area contributed by atoms with Crippen molar-refractivity contribution in [1.29, 1.82) is 5.26 Å². The molecule has 0 bridgehead atoms. The third-order valence-corrected chi connectivity index (χ3v) is 4.54. The van der Waals surface area contributed by atoms with Crippen molar-refractivity contribution >= 4 is 5.69 Å². The van der Waals surface area contributed by atoms with Gasteiger partial charge in [-0.2, -0.15) is 5.26 Å². The number of nitrogens with one attached hydrogen (secondary N) is 1. The number of benzene rings is 2. The molecular formula is C20H22FN3. The van der Waals surface area contributed by atoms with Gasteiger partial charge in [0.25, 0.3) is 0 Å². The van der Waals surface area contributed by atoms with Gasteiger partial charge in [-0.3, -0.25) is 4.90 Å². The molecule has 0 atom stereocenters. The van der Waals surface area contributed by atoms with Crippen molar-refractivity contribution in [2.45, 2.75) is 32.4 Å². The summed E-state index contributed by atoms with van der Waals surface area (Å²) < 4.78 is 13.2. The van der Waals surface area contributed by atoms with Crippen LogP contribution in [0.15, 0.2) is 42.5 Å². The summed E-state index contributed by atoms with van der Waals surface area (Å²) in [6.45, 7) is 5.15. The van der Waals surface area contributed by atoms with Gasteiger partial charge >= 0.3 is 0 Å². The smallest absolute Gasteiger partial charge is 0.124 e. The van der Waals surface area contributed by atoms with Crippen LogP contribution in [0.1, 0.15) is 29.5 Å². The topological polar surface area (TPSA) is 39.1 Å². The van der Waals surface area contributed by atoms with E-state index in [1.165, 1.54) is 23.3 Å². The molecule has 0 unspecified atom stereocenters. The third kappa shape index (κ3) is 4.12. The van der Waals surface area contributed by atoms with Crippen molar-refractivity contribution in [3.63, 3.8) is 0 Å². The van der Waals surface area contributed by atoms with E-state index in [0.29, 0.717) is 11.6 Å². The molecule has 0 amide bonds.